The number of nitrogens with zero attached hydrogens (tertiary/aromatic N) is 1. The van der Waals surface area contributed by atoms with Crippen molar-refractivity contribution >= 4 is 33.3 Å². The van der Waals surface area contributed by atoms with Crippen LogP contribution in [0.1, 0.15) is 42.3 Å². The summed E-state index contributed by atoms with van der Waals surface area (Å²) in [6.07, 6.45) is 2.91. The molecule has 1 aromatic heterocycles. The third-order valence-electron chi connectivity index (χ3n) is 5.67. The first-order valence-electron chi connectivity index (χ1n) is 8.11. The SMILES string of the molecule is CC[C@@]1(C(=O)O)C[C@@H]2CC[C@H]1N2C(=O)c1cc2ccccc2s1. The second-order valence-electron chi connectivity index (χ2n) is 6.63. The molecule has 0 saturated carbocycles. The van der Waals surface area contributed by atoms with Gasteiger partial charge in [-0.3, -0.25) is 9.59 Å². The summed E-state index contributed by atoms with van der Waals surface area (Å²) in [4.78, 5) is 27.5. The smallest absolute Gasteiger partial charge is 0.311 e. The van der Waals surface area contributed by atoms with E-state index in [1.165, 1.54) is 11.3 Å². The Labute approximate surface area is 138 Å². The number of hydrogen-bond donors (Lipinski definition) is 1. The minimum absolute atomic E-state index is 0.00951. The first kappa shape index (κ1) is 14.7. The third-order valence-corrected chi connectivity index (χ3v) is 6.77. The summed E-state index contributed by atoms with van der Waals surface area (Å²) in [5.41, 5.74) is -0.755. The van der Waals surface area contributed by atoms with Crippen molar-refractivity contribution in [3.05, 3.63) is 35.2 Å². The molecule has 1 N–H and O–H groups in total. The van der Waals surface area contributed by atoms with Gasteiger partial charge in [-0.1, -0.05) is 25.1 Å². The lowest BCUT2D eigenvalue weighted by molar-refractivity contribution is -0.151. The lowest BCUT2D eigenvalue weighted by atomic mass is 9.72. The number of carboxylic acids is 1. The van der Waals surface area contributed by atoms with Crippen LogP contribution in [0.25, 0.3) is 10.1 Å². The second-order valence-corrected chi connectivity index (χ2v) is 7.71. The van der Waals surface area contributed by atoms with Gasteiger partial charge in [-0.05, 0) is 43.2 Å². The fourth-order valence-corrected chi connectivity index (χ4v) is 5.47. The van der Waals surface area contributed by atoms with Crippen LogP contribution in [0.3, 0.4) is 0 Å². The molecule has 23 heavy (non-hydrogen) atoms. The zero-order valence-corrected chi connectivity index (χ0v) is 13.8. The highest BCUT2D eigenvalue weighted by Crippen LogP contribution is 2.52. The van der Waals surface area contributed by atoms with Crippen molar-refractivity contribution in [2.75, 3.05) is 0 Å². The van der Waals surface area contributed by atoms with Gasteiger partial charge in [0.05, 0.1) is 10.3 Å². The van der Waals surface area contributed by atoms with Crippen LogP contribution < -0.4 is 0 Å². The van der Waals surface area contributed by atoms with E-state index >= 15 is 0 Å². The van der Waals surface area contributed by atoms with Crippen molar-refractivity contribution in [1.82, 2.24) is 4.90 Å². The van der Waals surface area contributed by atoms with E-state index in [1.807, 2.05) is 42.2 Å². The van der Waals surface area contributed by atoms with Crippen LogP contribution in [0.4, 0.5) is 0 Å². The summed E-state index contributed by atoms with van der Waals surface area (Å²) >= 11 is 1.50. The Morgan fingerprint density at radius 3 is 2.78 bits per heavy atom. The van der Waals surface area contributed by atoms with E-state index in [9.17, 15) is 14.7 Å². The number of carbonyl (C=O) groups excluding carboxylic acids is 1. The molecule has 0 aliphatic carbocycles. The Hall–Kier alpha value is -1.88. The lowest BCUT2D eigenvalue weighted by Crippen LogP contribution is -2.44. The zero-order chi connectivity index (χ0) is 16.2. The van der Waals surface area contributed by atoms with E-state index in [0.717, 1.165) is 27.8 Å². The number of carboxylic acid groups (broad SMARTS) is 1. The van der Waals surface area contributed by atoms with Crippen molar-refractivity contribution < 1.29 is 14.7 Å². The molecule has 4 rings (SSSR count). The van der Waals surface area contributed by atoms with Crippen LogP contribution in [0.2, 0.25) is 0 Å². The normalized spacial score (nSPS) is 29.3. The Morgan fingerprint density at radius 2 is 2.13 bits per heavy atom. The molecule has 1 aromatic carbocycles. The van der Waals surface area contributed by atoms with E-state index in [1.54, 1.807) is 0 Å². The maximum Gasteiger partial charge on any atom is 0.311 e. The van der Waals surface area contributed by atoms with Gasteiger partial charge in [0.1, 0.15) is 0 Å². The van der Waals surface area contributed by atoms with Gasteiger partial charge in [0, 0.05) is 16.8 Å². The van der Waals surface area contributed by atoms with Crippen molar-refractivity contribution in [3.8, 4) is 0 Å². The molecule has 2 aliphatic rings. The minimum atomic E-state index is -0.755. The molecule has 0 radical (unpaired) electrons. The average molecular weight is 329 g/mol. The maximum absolute atomic E-state index is 13.0. The summed E-state index contributed by atoms with van der Waals surface area (Å²) in [5.74, 6) is -0.739. The molecule has 2 fully saturated rings. The zero-order valence-electron chi connectivity index (χ0n) is 13.0. The molecule has 5 heteroatoms. The molecule has 2 aliphatic heterocycles. The van der Waals surface area contributed by atoms with Crippen LogP contribution >= 0.6 is 11.3 Å². The van der Waals surface area contributed by atoms with Crippen LogP contribution in [-0.4, -0.2) is 34.0 Å². The van der Waals surface area contributed by atoms with Gasteiger partial charge in [-0.25, -0.2) is 0 Å². The number of hydrogen-bond acceptors (Lipinski definition) is 3. The van der Waals surface area contributed by atoms with Gasteiger partial charge >= 0.3 is 5.97 Å². The van der Waals surface area contributed by atoms with Crippen LogP contribution in [-0.2, 0) is 4.79 Å². The molecule has 2 aromatic rings. The Morgan fingerprint density at radius 1 is 1.35 bits per heavy atom. The van der Waals surface area contributed by atoms with E-state index < -0.39 is 11.4 Å². The summed E-state index contributed by atoms with van der Waals surface area (Å²) in [6, 6.07) is 9.82. The molecule has 2 saturated heterocycles. The summed E-state index contributed by atoms with van der Waals surface area (Å²) in [5, 5.41) is 10.8. The number of rotatable bonds is 3. The minimum Gasteiger partial charge on any atom is -0.481 e. The van der Waals surface area contributed by atoms with Crippen LogP contribution in [0.5, 0.6) is 0 Å². The Kier molecular flexibility index (Phi) is 3.23. The van der Waals surface area contributed by atoms with Crippen molar-refractivity contribution in [2.24, 2.45) is 5.41 Å². The lowest BCUT2D eigenvalue weighted by Gasteiger charge is -2.32. The van der Waals surface area contributed by atoms with Crippen molar-refractivity contribution in [3.63, 3.8) is 0 Å². The van der Waals surface area contributed by atoms with Crippen molar-refractivity contribution in [1.29, 1.82) is 0 Å². The molecule has 0 spiro atoms. The average Bonchev–Trinajstić information content (AvgIpc) is 3.24. The maximum atomic E-state index is 13.0. The van der Waals surface area contributed by atoms with Gasteiger partial charge in [-0.2, -0.15) is 0 Å². The molecule has 3 atom stereocenters. The molecule has 120 valence electrons. The molecule has 1 amide bonds. The highest BCUT2D eigenvalue weighted by atomic mass is 32.1. The van der Waals surface area contributed by atoms with Crippen LogP contribution in [0.15, 0.2) is 30.3 Å². The Bertz CT molecular complexity index is 765. The molecule has 4 nitrogen and oxygen atoms in total. The number of benzene rings is 1. The van der Waals surface area contributed by atoms with Crippen molar-refractivity contribution in [2.45, 2.75) is 44.7 Å². The Balaban J connectivity index is 1.70. The van der Waals surface area contributed by atoms with Gasteiger partial charge in [-0.15, -0.1) is 11.3 Å². The van der Waals surface area contributed by atoms with Gasteiger partial charge in [0.25, 0.3) is 5.91 Å². The first-order valence-corrected chi connectivity index (χ1v) is 8.93. The quantitative estimate of drug-likeness (QED) is 0.933. The third kappa shape index (κ3) is 1.96. The first-order chi connectivity index (χ1) is 11.1. The highest BCUT2D eigenvalue weighted by molar-refractivity contribution is 7.20. The van der Waals surface area contributed by atoms with E-state index in [0.29, 0.717) is 12.8 Å². The fourth-order valence-electron chi connectivity index (χ4n) is 4.47. The second kappa shape index (κ2) is 5.06. The standard InChI is InChI=1S/C18H19NO3S/c1-2-18(17(21)22)10-12-7-8-15(18)19(12)16(20)14-9-11-5-3-4-6-13(11)23-14/h3-6,9,12,15H,2,7-8,10H2,1H3,(H,21,22)/t12-,15+,18+/m0/s1. The van der Waals surface area contributed by atoms with Crippen LogP contribution in [0, 0.1) is 5.41 Å². The number of fused-ring (bicyclic) bond motifs is 3. The number of thiophene rings is 1. The summed E-state index contributed by atoms with van der Waals surface area (Å²) in [6.45, 7) is 1.93. The van der Waals surface area contributed by atoms with E-state index in [2.05, 4.69) is 0 Å². The van der Waals surface area contributed by atoms with E-state index in [-0.39, 0.29) is 18.0 Å². The molecule has 0 unspecified atom stereocenters. The van der Waals surface area contributed by atoms with Gasteiger partial charge in [0.15, 0.2) is 0 Å². The number of aliphatic carboxylic acids is 1. The molecular weight excluding hydrogens is 310 g/mol. The predicted octanol–water partition coefficient (Wildman–Crippen LogP) is 3.76. The summed E-state index contributed by atoms with van der Waals surface area (Å²) < 4.78 is 1.10. The molecule has 3 heterocycles. The van der Waals surface area contributed by atoms with E-state index in [4.69, 9.17) is 0 Å². The van der Waals surface area contributed by atoms with Gasteiger partial charge < -0.3 is 10.0 Å². The predicted molar refractivity (Wildman–Crippen MR) is 89.8 cm³/mol. The molecular formula is C18H19NO3S. The van der Waals surface area contributed by atoms with Gasteiger partial charge in [0.2, 0.25) is 0 Å². The number of carbonyl (C=O) groups is 2. The number of amides is 1. The topological polar surface area (TPSA) is 57.6 Å². The largest absolute Gasteiger partial charge is 0.481 e. The summed E-state index contributed by atoms with van der Waals surface area (Å²) in [7, 11) is 0. The highest BCUT2D eigenvalue weighted by Gasteiger charge is 2.60. The monoisotopic (exact) mass is 329 g/mol. The molecule has 2 bridgehead atoms. The fraction of sp³-hybridized carbons (Fsp3) is 0.444.